The Bertz CT molecular complexity index is 631. The fraction of sp³-hybridized carbons (Fsp3) is 0.600. The number of piperidine rings is 1. The SMILES string of the molecule is CCCN1C(=O)CC[C@]2(CNC(=O)Cc3ccc(Cl)cc3)CCC[C@@H]12. The molecule has 3 rings (SSSR count). The van der Waals surface area contributed by atoms with E-state index in [-0.39, 0.29) is 17.2 Å². The van der Waals surface area contributed by atoms with Crippen molar-refractivity contribution in [3.05, 3.63) is 34.9 Å². The zero-order chi connectivity index (χ0) is 17.9. The molecule has 1 saturated heterocycles. The fourth-order valence-corrected chi connectivity index (χ4v) is 4.64. The van der Waals surface area contributed by atoms with E-state index in [1.807, 2.05) is 24.3 Å². The summed E-state index contributed by atoms with van der Waals surface area (Å²) in [5.41, 5.74) is 1.03. The minimum absolute atomic E-state index is 0.0429. The van der Waals surface area contributed by atoms with E-state index in [1.165, 1.54) is 0 Å². The van der Waals surface area contributed by atoms with E-state index in [1.54, 1.807) is 0 Å². The second-order valence-corrected chi connectivity index (χ2v) is 7.87. The highest BCUT2D eigenvalue weighted by molar-refractivity contribution is 6.30. The molecule has 4 nitrogen and oxygen atoms in total. The molecule has 0 radical (unpaired) electrons. The number of nitrogens with zero attached hydrogens (tertiary/aromatic N) is 1. The molecule has 0 aromatic heterocycles. The van der Waals surface area contributed by atoms with Crippen molar-refractivity contribution >= 4 is 23.4 Å². The first kappa shape index (κ1) is 18.2. The summed E-state index contributed by atoms with van der Waals surface area (Å²) in [5.74, 6) is 0.332. The molecule has 2 fully saturated rings. The van der Waals surface area contributed by atoms with Crippen molar-refractivity contribution in [3.8, 4) is 0 Å². The summed E-state index contributed by atoms with van der Waals surface area (Å²) >= 11 is 5.89. The quantitative estimate of drug-likeness (QED) is 0.841. The summed E-state index contributed by atoms with van der Waals surface area (Å²) in [4.78, 5) is 26.8. The normalized spacial score (nSPS) is 25.8. The molecule has 1 aromatic carbocycles. The predicted octanol–water partition coefficient (Wildman–Crippen LogP) is 3.57. The Morgan fingerprint density at radius 3 is 2.80 bits per heavy atom. The summed E-state index contributed by atoms with van der Waals surface area (Å²) in [6.45, 7) is 3.63. The maximum absolute atomic E-state index is 12.4. The van der Waals surface area contributed by atoms with E-state index >= 15 is 0 Å². The first-order valence-electron chi connectivity index (χ1n) is 9.35. The lowest BCUT2D eigenvalue weighted by Gasteiger charge is -2.46. The van der Waals surface area contributed by atoms with Gasteiger partial charge >= 0.3 is 0 Å². The molecule has 0 unspecified atom stereocenters. The summed E-state index contributed by atoms with van der Waals surface area (Å²) < 4.78 is 0. The number of fused-ring (bicyclic) bond motifs is 1. The Balaban J connectivity index is 1.61. The highest BCUT2D eigenvalue weighted by Crippen LogP contribution is 2.47. The van der Waals surface area contributed by atoms with Gasteiger partial charge in [-0.3, -0.25) is 9.59 Å². The maximum Gasteiger partial charge on any atom is 0.224 e. The van der Waals surface area contributed by atoms with Crippen molar-refractivity contribution < 1.29 is 9.59 Å². The average molecular weight is 363 g/mol. The maximum atomic E-state index is 12.4. The number of amides is 2. The number of benzene rings is 1. The number of rotatable bonds is 6. The van der Waals surface area contributed by atoms with E-state index in [2.05, 4.69) is 17.1 Å². The molecule has 1 heterocycles. The minimum Gasteiger partial charge on any atom is -0.355 e. The lowest BCUT2D eigenvalue weighted by atomic mass is 9.74. The summed E-state index contributed by atoms with van der Waals surface area (Å²) in [7, 11) is 0. The van der Waals surface area contributed by atoms with Gasteiger partial charge in [-0.1, -0.05) is 37.1 Å². The number of nitrogens with one attached hydrogen (secondary N) is 1. The molecule has 0 bridgehead atoms. The highest BCUT2D eigenvalue weighted by atomic mass is 35.5. The lowest BCUT2D eigenvalue weighted by Crippen LogP contribution is -2.56. The Morgan fingerprint density at radius 1 is 1.32 bits per heavy atom. The van der Waals surface area contributed by atoms with Gasteiger partial charge in [-0.05, 0) is 43.4 Å². The predicted molar refractivity (Wildman–Crippen MR) is 99.5 cm³/mol. The zero-order valence-corrected chi connectivity index (χ0v) is 15.6. The van der Waals surface area contributed by atoms with Gasteiger partial charge in [-0.25, -0.2) is 0 Å². The van der Waals surface area contributed by atoms with Crippen LogP contribution in [0.3, 0.4) is 0 Å². The third-order valence-electron chi connectivity index (χ3n) is 5.77. The fourth-order valence-electron chi connectivity index (χ4n) is 4.51. The first-order chi connectivity index (χ1) is 12.0. The van der Waals surface area contributed by atoms with Crippen LogP contribution in [0, 0.1) is 5.41 Å². The number of likely N-dealkylation sites (tertiary alicyclic amines) is 1. The molecule has 5 heteroatoms. The molecule has 1 aliphatic heterocycles. The van der Waals surface area contributed by atoms with Gasteiger partial charge < -0.3 is 10.2 Å². The number of carbonyl (C=O) groups excluding carboxylic acids is 2. The Morgan fingerprint density at radius 2 is 2.08 bits per heavy atom. The number of carbonyl (C=O) groups is 2. The van der Waals surface area contributed by atoms with E-state index in [0.29, 0.717) is 30.5 Å². The molecular formula is C20H27ClN2O2. The largest absolute Gasteiger partial charge is 0.355 e. The number of hydrogen-bond donors (Lipinski definition) is 1. The van der Waals surface area contributed by atoms with E-state index < -0.39 is 0 Å². The van der Waals surface area contributed by atoms with Crippen LogP contribution < -0.4 is 5.32 Å². The van der Waals surface area contributed by atoms with Gasteiger partial charge in [0, 0.05) is 36.0 Å². The Hall–Kier alpha value is -1.55. The number of hydrogen-bond acceptors (Lipinski definition) is 2. The van der Waals surface area contributed by atoms with Gasteiger partial charge in [0.05, 0.1) is 6.42 Å². The monoisotopic (exact) mass is 362 g/mol. The summed E-state index contributed by atoms with van der Waals surface area (Å²) in [5, 5.41) is 3.83. The second kappa shape index (κ2) is 7.77. The Labute approximate surface area is 154 Å². The topological polar surface area (TPSA) is 49.4 Å². The van der Waals surface area contributed by atoms with E-state index in [0.717, 1.165) is 44.2 Å². The summed E-state index contributed by atoms with van der Waals surface area (Å²) in [6.07, 6.45) is 6.19. The minimum atomic E-state index is 0.0429. The molecule has 1 saturated carbocycles. The second-order valence-electron chi connectivity index (χ2n) is 7.44. The van der Waals surface area contributed by atoms with Crippen LogP contribution >= 0.6 is 11.6 Å². The van der Waals surface area contributed by atoms with Crippen LogP contribution in [-0.4, -0.2) is 35.8 Å². The average Bonchev–Trinajstić information content (AvgIpc) is 3.03. The van der Waals surface area contributed by atoms with Gasteiger partial charge in [0.1, 0.15) is 0 Å². The van der Waals surface area contributed by atoms with Crippen molar-refractivity contribution in [2.24, 2.45) is 5.41 Å². The van der Waals surface area contributed by atoms with Crippen LogP contribution in [0.5, 0.6) is 0 Å². The third-order valence-corrected chi connectivity index (χ3v) is 6.02. The molecule has 2 amide bonds. The molecule has 0 spiro atoms. The van der Waals surface area contributed by atoms with Crippen LogP contribution in [0.15, 0.2) is 24.3 Å². The van der Waals surface area contributed by atoms with Gasteiger partial charge in [-0.2, -0.15) is 0 Å². The molecular weight excluding hydrogens is 336 g/mol. The van der Waals surface area contributed by atoms with Gasteiger partial charge in [-0.15, -0.1) is 0 Å². The Kier molecular flexibility index (Phi) is 5.67. The zero-order valence-electron chi connectivity index (χ0n) is 14.9. The molecule has 136 valence electrons. The van der Waals surface area contributed by atoms with Crippen molar-refractivity contribution in [1.82, 2.24) is 10.2 Å². The molecule has 1 N–H and O–H groups in total. The third kappa shape index (κ3) is 4.00. The van der Waals surface area contributed by atoms with Crippen LogP contribution in [0.25, 0.3) is 0 Å². The van der Waals surface area contributed by atoms with Crippen LogP contribution in [0.1, 0.15) is 51.0 Å². The van der Waals surface area contributed by atoms with Gasteiger partial charge in [0.15, 0.2) is 0 Å². The first-order valence-corrected chi connectivity index (χ1v) is 9.72. The van der Waals surface area contributed by atoms with Crippen LogP contribution in [0.4, 0.5) is 0 Å². The van der Waals surface area contributed by atoms with Gasteiger partial charge in [0.2, 0.25) is 11.8 Å². The molecule has 25 heavy (non-hydrogen) atoms. The lowest BCUT2D eigenvalue weighted by molar-refractivity contribution is -0.141. The molecule has 1 aromatic rings. The van der Waals surface area contributed by atoms with Crippen LogP contribution in [-0.2, 0) is 16.0 Å². The van der Waals surface area contributed by atoms with Crippen LogP contribution in [0.2, 0.25) is 5.02 Å². The van der Waals surface area contributed by atoms with E-state index in [4.69, 9.17) is 11.6 Å². The summed E-state index contributed by atoms with van der Waals surface area (Å²) in [6, 6.07) is 7.70. The van der Waals surface area contributed by atoms with Crippen molar-refractivity contribution in [1.29, 1.82) is 0 Å². The van der Waals surface area contributed by atoms with Gasteiger partial charge in [0.25, 0.3) is 0 Å². The highest BCUT2D eigenvalue weighted by Gasteiger charge is 2.49. The number of halogens is 1. The van der Waals surface area contributed by atoms with Crippen molar-refractivity contribution in [2.45, 2.75) is 57.9 Å². The van der Waals surface area contributed by atoms with E-state index in [9.17, 15) is 9.59 Å². The van der Waals surface area contributed by atoms with Crippen molar-refractivity contribution in [2.75, 3.05) is 13.1 Å². The molecule has 2 aliphatic rings. The standard InChI is InChI=1S/C20H27ClN2O2/c1-2-12-23-17-4-3-10-20(17,11-9-19(23)25)14-22-18(24)13-15-5-7-16(21)8-6-15/h5-8,17H,2-4,9-14H2,1H3,(H,22,24)/t17-,20+/m1/s1. The van der Waals surface area contributed by atoms with Crippen molar-refractivity contribution in [3.63, 3.8) is 0 Å². The smallest absolute Gasteiger partial charge is 0.224 e. The molecule has 1 aliphatic carbocycles. The molecule has 2 atom stereocenters.